The molecule has 0 amide bonds. The van der Waals surface area contributed by atoms with E-state index in [1.807, 2.05) is 18.2 Å². The molecule has 0 saturated carbocycles. The molecule has 1 aromatic carbocycles. The van der Waals surface area contributed by atoms with Crippen LogP contribution in [0.5, 0.6) is 0 Å². The smallest absolute Gasteiger partial charge is 0.0681 e. The lowest BCUT2D eigenvalue weighted by atomic mass is 9.94. The Bertz CT molecular complexity index is 325. The largest absolute Gasteiger partial charge is 0.395 e. The first-order valence-electron chi connectivity index (χ1n) is 4.89. The van der Waals surface area contributed by atoms with E-state index < -0.39 is 0 Å². The summed E-state index contributed by atoms with van der Waals surface area (Å²) in [7, 11) is 0. The van der Waals surface area contributed by atoms with Gasteiger partial charge in [-0.15, -0.1) is 0 Å². The van der Waals surface area contributed by atoms with Crippen LogP contribution in [-0.4, -0.2) is 22.9 Å². The first-order valence-corrected chi connectivity index (χ1v) is 4.89. The average molecular weight is 193 g/mol. The van der Waals surface area contributed by atoms with Gasteiger partial charge < -0.3 is 15.5 Å². The second kappa shape index (κ2) is 4.09. The molecule has 3 N–H and O–H groups in total. The molecule has 0 aromatic heterocycles. The second-order valence-electron chi connectivity index (χ2n) is 3.73. The highest BCUT2D eigenvalue weighted by atomic mass is 16.3. The monoisotopic (exact) mass is 193 g/mol. The number of aliphatic hydroxyl groups is 2. The van der Waals surface area contributed by atoms with E-state index in [4.69, 9.17) is 10.2 Å². The van der Waals surface area contributed by atoms with Crippen LogP contribution >= 0.6 is 0 Å². The topological polar surface area (TPSA) is 52.5 Å². The zero-order valence-corrected chi connectivity index (χ0v) is 8.03. The molecule has 1 atom stereocenters. The third-order valence-electron chi connectivity index (χ3n) is 2.72. The molecule has 1 unspecified atom stereocenters. The van der Waals surface area contributed by atoms with Crippen LogP contribution in [-0.2, 0) is 19.6 Å². The van der Waals surface area contributed by atoms with Crippen molar-refractivity contribution in [1.29, 1.82) is 0 Å². The molecule has 0 radical (unpaired) electrons. The predicted octanol–water partition coefficient (Wildman–Crippen LogP) is 0.186. The van der Waals surface area contributed by atoms with E-state index in [0.29, 0.717) is 0 Å². The fourth-order valence-corrected chi connectivity index (χ4v) is 1.86. The van der Waals surface area contributed by atoms with E-state index in [-0.39, 0.29) is 19.3 Å². The Kier molecular flexibility index (Phi) is 2.82. The van der Waals surface area contributed by atoms with E-state index >= 15 is 0 Å². The molecule has 1 aromatic rings. The van der Waals surface area contributed by atoms with Gasteiger partial charge >= 0.3 is 0 Å². The minimum Gasteiger partial charge on any atom is -0.395 e. The minimum atomic E-state index is 0.0878. The van der Waals surface area contributed by atoms with Crippen LogP contribution in [0, 0.1) is 0 Å². The van der Waals surface area contributed by atoms with Crippen molar-refractivity contribution in [3.05, 3.63) is 34.9 Å². The minimum absolute atomic E-state index is 0.0878. The highest BCUT2D eigenvalue weighted by Crippen LogP contribution is 2.18. The molecule has 2 rings (SSSR count). The normalized spacial score (nSPS) is 20.6. The standard InChI is InChI=1S/C11H15NO2/c13-6-8-1-2-9-5-12-11(7-14)4-10(9)3-8/h1-3,11-14H,4-7H2. The van der Waals surface area contributed by atoms with Crippen molar-refractivity contribution in [2.24, 2.45) is 0 Å². The number of hydrogen-bond acceptors (Lipinski definition) is 3. The first-order chi connectivity index (χ1) is 6.83. The highest BCUT2D eigenvalue weighted by molar-refractivity contribution is 5.34. The van der Waals surface area contributed by atoms with Gasteiger partial charge in [-0.05, 0) is 23.1 Å². The molecule has 1 aliphatic heterocycles. The maximum atomic E-state index is 9.03. The van der Waals surface area contributed by atoms with E-state index in [1.165, 1.54) is 11.1 Å². The molecule has 0 aliphatic carbocycles. The third-order valence-corrected chi connectivity index (χ3v) is 2.72. The summed E-state index contributed by atoms with van der Waals surface area (Å²) in [6.07, 6.45) is 0.847. The molecular formula is C11H15NO2. The number of rotatable bonds is 2. The molecule has 0 saturated heterocycles. The van der Waals surface area contributed by atoms with Gasteiger partial charge in [-0.25, -0.2) is 0 Å². The van der Waals surface area contributed by atoms with Crippen molar-refractivity contribution in [2.75, 3.05) is 6.61 Å². The molecule has 3 nitrogen and oxygen atoms in total. The lowest BCUT2D eigenvalue weighted by molar-refractivity contribution is 0.235. The van der Waals surface area contributed by atoms with E-state index in [2.05, 4.69) is 5.32 Å². The summed E-state index contributed by atoms with van der Waals surface area (Å²) < 4.78 is 0. The zero-order valence-electron chi connectivity index (χ0n) is 8.03. The Morgan fingerprint density at radius 2 is 2.14 bits per heavy atom. The van der Waals surface area contributed by atoms with Gasteiger partial charge in [0.25, 0.3) is 0 Å². The van der Waals surface area contributed by atoms with Gasteiger partial charge in [0, 0.05) is 12.6 Å². The van der Waals surface area contributed by atoms with Crippen molar-refractivity contribution >= 4 is 0 Å². The summed E-state index contributed by atoms with van der Waals surface area (Å²) in [5, 5.41) is 21.3. The van der Waals surface area contributed by atoms with Gasteiger partial charge in [-0.3, -0.25) is 0 Å². The molecule has 14 heavy (non-hydrogen) atoms. The maximum absolute atomic E-state index is 9.03. The Morgan fingerprint density at radius 1 is 1.29 bits per heavy atom. The summed E-state index contributed by atoms with van der Waals surface area (Å²) in [6, 6.07) is 6.18. The van der Waals surface area contributed by atoms with Crippen molar-refractivity contribution in [1.82, 2.24) is 5.32 Å². The fourth-order valence-electron chi connectivity index (χ4n) is 1.86. The van der Waals surface area contributed by atoms with Crippen LogP contribution in [0.1, 0.15) is 16.7 Å². The Balaban J connectivity index is 2.25. The summed E-state index contributed by atoms with van der Waals surface area (Å²) >= 11 is 0. The van der Waals surface area contributed by atoms with Crippen LogP contribution in [0.2, 0.25) is 0 Å². The molecule has 0 spiro atoms. The van der Waals surface area contributed by atoms with Crippen LogP contribution in [0.4, 0.5) is 0 Å². The first kappa shape index (κ1) is 9.65. The number of hydrogen-bond donors (Lipinski definition) is 3. The van der Waals surface area contributed by atoms with Gasteiger partial charge in [0.2, 0.25) is 0 Å². The SMILES string of the molecule is OCc1ccc2c(c1)CC(CO)NC2. The van der Waals surface area contributed by atoms with E-state index in [1.54, 1.807) is 0 Å². The van der Waals surface area contributed by atoms with Gasteiger partial charge in [-0.1, -0.05) is 18.2 Å². The van der Waals surface area contributed by atoms with Crippen molar-refractivity contribution in [3.8, 4) is 0 Å². The number of benzene rings is 1. The van der Waals surface area contributed by atoms with E-state index in [0.717, 1.165) is 18.5 Å². The number of fused-ring (bicyclic) bond motifs is 1. The molecule has 0 bridgehead atoms. The quantitative estimate of drug-likeness (QED) is 0.628. The number of nitrogens with one attached hydrogen (secondary N) is 1. The van der Waals surface area contributed by atoms with Crippen molar-refractivity contribution in [3.63, 3.8) is 0 Å². The lowest BCUT2D eigenvalue weighted by Gasteiger charge is -2.24. The van der Waals surface area contributed by atoms with Crippen LogP contribution in [0.25, 0.3) is 0 Å². The van der Waals surface area contributed by atoms with Gasteiger partial charge in [0.1, 0.15) is 0 Å². The second-order valence-corrected chi connectivity index (χ2v) is 3.73. The molecule has 1 heterocycles. The number of aliphatic hydroxyl groups excluding tert-OH is 2. The third kappa shape index (κ3) is 1.80. The molecular weight excluding hydrogens is 178 g/mol. The Hall–Kier alpha value is -0.900. The fraction of sp³-hybridized carbons (Fsp3) is 0.455. The summed E-state index contributed by atoms with van der Waals surface area (Å²) in [5.41, 5.74) is 3.46. The Labute approximate surface area is 83.4 Å². The zero-order chi connectivity index (χ0) is 9.97. The molecule has 3 heteroatoms. The summed E-state index contributed by atoms with van der Waals surface area (Å²) in [4.78, 5) is 0. The van der Waals surface area contributed by atoms with Crippen LogP contribution < -0.4 is 5.32 Å². The predicted molar refractivity (Wildman–Crippen MR) is 53.8 cm³/mol. The Morgan fingerprint density at radius 3 is 2.86 bits per heavy atom. The van der Waals surface area contributed by atoms with Crippen LogP contribution in [0.15, 0.2) is 18.2 Å². The maximum Gasteiger partial charge on any atom is 0.0681 e. The van der Waals surface area contributed by atoms with Crippen molar-refractivity contribution < 1.29 is 10.2 Å². The average Bonchev–Trinajstić information content (AvgIpc) is 2.27. The summed E-state index contributed by atoms with van der Waals surface area (Å²) in [5.74, 6) is 0. The van der Waals surface area contributed by atoms with E-state index in [9.17, 15) is 0 Å². The van der Waals surface area contributed by atoms with Gasteiger partial charge in [0.05, 0.1) is 13.2 Å². The highest BCUT2D eigenvalue weighted by Gasteiger charge is 2.16. The molecule has 1 aliphatic rings. The van der Waals surface area contributed by atoms with Crippen LogP contribution in [0.3, 0.4) is 0 Å². The van der Waals surface area contributed by atoms with Gasteiger partial charge in [0.15, 0.2) is 0 Å². The summed E-state index contributed by atoms with van der Waals surface area (Å²) in [6.45, 7) is 1.07. The molecule has 0 fully saturated rings. The lowest BCUT2D eigenvalue weighted by Crippen LogP contribution is -2.38. The van der Waals surface area contributed by atoms with Gasteiger partial charge in [-0.2, -0.15) is 0 Å². The van der Waals surface area contributed by atoms with Crippen molar-refractivity contribution in [2.45, 2.75) is 25.6 Å². The molecule has 76 valence electrons.